The van der Waals surface area contributed by atoms with E-state index >= 15 is 0 Å². The Morgan fingerprint density at radius 1 is 0.440 bits per heavy atom. The van der Waals surface area contributed by atoms with Crippen LogP contribution in [0.2, 0.25) is 0 Å². The van der Waals surface area contributed by atoms with Crippen LogP contribution in [0, 0.1) is 0 Å². The van der Waals surface area contributed by atoms with Crippen LogP contribution >= 0.6 is 0 Å². The minimum Gasteiger partial charge on any atom is -0.309 e. The Kier molecular flexibility index (Phi) is 6.42. The Bertz CT molecular complexity index is 2850. The molecule has 4 aromatic heterocycles. The molecule has 10 aromatic rings. The lowest BCUT2D eigenvalue weighted by Gasteiger charge is -2.15. The van der Waals surface area contributed by atoms with Crippen molar-refractivity contribution in [2.45, 2.75) is 0 Å². The van der Waals surface area contributed by atoms with Crippen LogP contribution in [-0.2, 0) is 0 Å². The molecule has 0 radical (unpaired) electrons. The van der Waals surface area contributed by atoms with Gasteiger partial charge in [-0.2, -0.15) is 0 Å². The van der Waals surface area contributed by atoms with Gasteiger partial charge < -0.3 is 9.13 Å². The molecule has 0 atom stereocenters. The molecule has 0 aliphatic carbocycles. The zero-order valence-electron chi connectivity index (χ0n) is 27.0. The first kappa shape index (κ1) is 28.2. The van der Waals surface area contributed by atoms with Crippen molar-refractivity contribution >= 4 is 43.7 Å². The molecule has 0 saturated carbocycles. The van der Waals surface area contributed by atoms with Crippen molar-refractivity contribution in [3.63, 3.8) is 0 Å². The van der Waals surface area contributed by atoms with Crippen molar-refractivity contribution in [2.24, 2.45) is 0 Å². The molecule has 10 rings (SSSR count). The normalized spacial score (nSPS) is 11.6. The van der Waals surface area contributed by atoms with Crippen LogP contribution in [0.25, 0.3) is 88.9 Å². The third-order valence-electron chi connectivity index (χ3n) is 9.63. The second kappa shape index (κ2) is 11.4. The van der Waals surface area contributed by atoms with Gasteiger partial charge in [0.2, 0.25) is 0 Å². The van der Waals surface area contributed by atoms with Gasteiger partial charge in [0.05, 0.1) is 45.2 Å². The molecule has 0 saturated heterocycles. The van der Waals surface area contributed by atoms with E-state index in [1.807, 2.05) is 42.7 Å². The number of aromatic nitrogens is 5. The highest BCUT2D eigenvalue weighted by atomic mass is 15.0. The largest absolute Gasteiger partial charge is 0.309 e. The highest BCUT2D eigenvalue weighted by Crippen LogP contribution is 2.41. The zero-order valence-corrected chi connectivity index (χ0v) is 27.0. The maximum Gasteiger partial charge on any atom is 0.159 e. The van der Waals surface area contributed by atoms with E-state index in [-0.39, 0.29) is 0 Å². The number of pyridine rings is 1. The standard InChI is InChI=1S/C45H29N5/c1-4-14-30(15-5-1)42-41(29-47-45(48-42)31-16-6-2-7-17-31)50-39-24-13-27-46-43(39)37-26-25-32(28-40(37)50)34-21-12-22-36-35-20-10-11-23-38(35)49(44(34)36)33-18-8-3-9-19-33/h1-29H. The molecule has 4 heterocycles. The van der Waals surface area contributed by atoms with Gasteiger partial charge in [-0.1, -0.05) is 121 Å². The van der Waals surface area contributed by atoms with Crippen molar-refractivity contribution in [2.75, 3.05) is 0 Å². The van der Waals surface area contributed by atoms with Crippen molar-refractivity contribution < 1.29 is 0 Å². The lowest BCUT2D eigenvalue weighted by Crippen LogP contribution is -2.03. The fourth-order valence-electron chi connectivity index (χ4n) is 7.43. The summed E-state index contributed by atoms with van der Waals surface area (Å²) in [6.07, 6.45) is 3.83. The first-order chi connectivity index (χ1) is 24.8. The molecule has 0 amide bonds. The minimum absolute atomic E-state index is 0.688. The maximum absolute atomic E-state index is 5.22. The first-order valence-electron chi connectivity index (χ1n) is 16.8. The van der Waals surface area contributed by atoms with Crippen molar-refractivity contribution in [1.29, 1.82) is 0 Å². The van der Waals surface area contributed by atoms with Crippen molar-refractivity contribution in [3.8, 4) is 45.1 Å². The first-order valence-corrected chi connectivity index (χ1v) is 16.8. The topological polar surface area (TPSA) is 48.5 Å². The van der Waals surface area contributed by atoms with Crippen molar-refractivity contribution in [3.05, 3.63) is 176 Å². The molecule has 0 spiro atoms. The highest BCUT2D eigenvalue weighted by Gasteiger charge is 2.21. The fraction of sp³-hybridized carbons (Fsp3) is 0. The summed E-state index contributed by atoms with van der Waals surface area (Å²) in [5, 5.41) is 3.53. The summed E-state index contributed by atoms with van der Waals surface area (Å²) in [6, 6.07) is 57.4. The SMILES string of the molecule is c1ccc(-c2ncc(-n3c4cc(-c5cccc6c7ccccc7n(-c7ccccc7)c56)ccc4c4ncccc43)c(-c3ccccc3)n2)cc1. The molecular formula is C45H29N5. The number of fused-ring (bicyclic) bond motifs is 6. The lowest BCUT2D eigenvalue weighted by molar-refractivity contribution is 1.08. The second-order valence-corrected chi connectivity index (χ2v) is 12.5. The molecule has 0 aliphatic heterocycles. The average molecular weight is 640 g/mol. The van der Waals surface area contributed by atoms with Gasteiger partial charge in [-0.25, -0.2) is 9.97 Å². The molecule has 234 valence electrons. The van der Waals surface area contributed by atoms with E-state index in [9.17, 15) is 0 Å². The predicted octanol–water partition coefficient (Wildman–Crippen LogP) is 11.1. The molecular weight excluding hydrogens is 611 g/mol. The Labute approximate surface area is 288 Å². The Hall–Kier alpha value is -6.85. The number of hydrogen-bond donors (Lipinski definition) is 0. The summed E-state index contributed by atoms with van der Waals surface area (Å²) in [5.74, 6) is 0.688. The van der Waals surface area contributed by atoms with Gasteiger partial charge in [0.15, 0.2) is 5.82 Å². The van der Waals surface area contributed by atoms with E-state index in [4.69, 9.17) is 15.0 Å². The van der Waals surface area contributed by atoms with Gasteiger partial charge in [-0.3, -0.25) is 4.98 Å². The Morgan fingerprint density at radius 3 is 1.96 bits per heavy atom. The van der Waals surface area contributed by atoms with Gasteiger partial charge in [0, 0.05) is 44.7 Å². The van der Waals surface area contributed by atoms with Crippen LogP contribution in [0.5, 0.6) is 0 Å². The van der Waals surface area contributed by atoms with Gasteiger partial charge in [-0.15, -0.1) is 0 Å². The van der Waals surface area contributed by atoms with Crippen LogP contribution in [0.4, 0.5) is 0 Å². The molecule has 0 N–H and O–H groups in total. The molecule has 0 unspecified atom stereocenters. The molecule has 6 aromatic carbocycles. The predicted molar refractivity (Wildman–Crippen MR) is 205 cm³/mol. The summed E-state index contributed by atoms with van der Waals surface area (Å²) in [7, 11) is 0. The minimum atomic E-state index is 0.688. The van der Waals surface area contributed by atoms with Crippen molar-refractivity contribution in [1.82, 2.24) is 24.1 Å². The molecule has 0 fully saturated rings. The van der Waals surface area contributed by atoms with E-state index in [0.29, 0.717) is 5.82 Å². The van der Waals surface area contributed by atoms with Gasteiger partial charge in [-0.05, 0) is 48.0 Å². The second-order valence-electron chi connectivity index (χ2n) is 12.5. The van der Waals surface area contributed by atoms with Gasteiger partial charge in [0.25, 0.3) is 0 Å². The van der Waals surface area contributed by atoms with Gasteiger partial charge in [0.1, 0.15) is 0 Å². The molecule has 5 nitrogen and oxygen atoms in total. The van der Waals surface area contributed by atoms with Crippen LogP contribution in [0.15, 0.2) is 176 Å². The van der Waals surface area contributed by atoms with Crippen LogP contribution in [0.3, 0.4) is 0 Å². The van der Waals surface area contributed by atoms with Crippen LogP contribution < -0.4 is 0 Å². The highest BCUT2D eigenvalue weighted by molar-refractivity contribution is 6.15. The number of rotatable bonds is 5. The Balaban J connectivity index is 1.27. The van der Waals surface area contributed by atoms with E-state index in [1.54, 1.807) is 0 Å². The zero-order chi connectivity index (χ0) is 33.0. The molecule has 0 bridgehead atoms. The van der Waals surface area contributed by atoms with E-state index < -0.39 is 0 Å². The third-order valence-corrected chi connectivity index (χ3v) is 9.63. The fourth-order valence-corrected chi connectivity index (χ4v) is 7.43. The molecule has 50 heavy (non-hydrogen) atoms. The number of hydrogen-bond acceptors (Lipinski definition) is 3. The third kappa shape index (κ3) is 4.37. The summed E-state index contributed by atoms with van der Waals surface area (Å²) in [6.45, 7) is 0. The number of para-hydroxylation sites is 3. The monoisotopic (exact) mass is 639 g/mol. The lowest BCUT2D eigenvalue weighted by atomic mass is 10.0. The summed E-state index contributed by atoms with van der Waals surface area (Å²) >= 11 is 0. The smallest absolute Gasteiger partial charge is 0.159 e. The van der Waals surface area contributed by atoms with Crippen LogP contribution in [0.1, 0.15) is 0 Å². The van der Waals surface area contributed by atoms with E-state index in [0.717, 1.165) is 61.3 Å². The number of benzene rings is 6. The molecule has 0 aliphatic rings. The number of nitrogens with zero attached hydrogens (tertiary/aromatic N) is 5. The quantitative estimate of drug-likeness (QED) is 0.188. The Morgan fingerprint density at radius 2 is 1.14 bits per heavy atom. The van der Waals surface area contributed by atoms with E-state index in [1.165, 1.54) is 21.8 Å². The maximum atomic E-state index is 5.22. The summed E-state index contributed by atoms with van der Waals surface area (Å²) in [5.41, 5.74) is 12.5. The summed E-state index contributed by atoms with van der Waals surface area (Å²) in [4.78, 5) is 15.1. The van der Waals surface area contributed by atoms with Gasteiger partial charge >= 0.3 is 0 Å². The molecule has 5 heteroatoms. The summed E-state index contributed by atoms with van der Waals surface area (Å²) < 4.78 is 4.68. The van der Waals surface area contributed by atoms with E-state index in [2.05, 4.69) is 143 Å². The van der Waals surface area contributed by atoms with Crippen LogP contribution in [-0.4, -0.2) is 24.1 Å². The average Bonchev–Trinajstić information content (AvgIpc) is 3.71.